The fourth-order valence-electron chi connectivity index (χ4n) is 1.09. The topological polar surface area (TPSA) is 70.1 Å². The molecule has 0 aromatic heterocycles. The van der Waals surface area contributed by atoms with Gasteiger partial charge >= 0.3 is 6.03 Å². The fraction of sp³-hybridized carbons (Fsp3) is 0.750. The molecule has 2 amide bonds. The summed E-state index contributed by atoms with van der Waals surface area (Å²) in [5, 5.41) is 8.59. The molecule has 0 spiro atoms. The van der Waals surface area contributed by atoms with Gasteiger partial charge in [0.25, 0.3) is 0 Å². The molecule has 2 N–H and O–H groups in total. The first-order chi connectivity index (χ1) is 5.65. The Morgan fingerprint density at radius 3 is 2.75 bits per heavy atom. The number of urea groups is 1. The van der Waals surface area contributed by atoms with Gasteiger partial charge in [-0.25, -0.2) is 4.79 Å². The number of nitriles is 1. The Morgan fingerprint density at radius 2 is 2.42 bits per heavy atom. The Morgan fingerprint density at radius 1 is 1.83 bits per heavy atom. The van der Waals surface area contributed by atoms with Crippen LogP contribution < -0.4 is 5.73 Å². The summed E-state index contributed by atoms with van der Waals surface area (Å²) in [6.07, 6.45) is 2.31. The van der Waals surface area contributed by atoms with E-state index in [9.17, 15) is 4.79 Å². The van der Waals surface area contributed by atoms with Gasteiger partial charge in [0.15, 0.2) is 0 Å². The van der Waals surface area contributed by atoms with Gasteiger partial charge < -0.3 is 10.6 Å². The smallest absolute Gasteiger partial charge is 0.315 e. The van der Waals surface area contributed by atoms with Gasteiger partial charge in [0.2, 0.25) is 0 Å². The average molecular weight is 167 g/mol. The summed E-state index contributed by atoms with van der Waals surface area (Å²) in [7, 11) is 0. The van der Waals surface area contributed by atoms with Crippen LogP contribution in [0.1, 0.15) is 19.8 Å². The van der Waals surface area contributed by atoms with Crippen LogP contribution in [0, 0.1) is 17.2 Å². The second-order valence-corrected chi connectivity index (χ2v) is 3.24. The molecule has 0 bridgehead atoms. The summed E-state index contributed by atoms with van der Waals surface area (Å²) in [4.78, 5) is 12.3. The van der Waals surface area contributed by atoms with E-state index in [1.807, 2.05) is 6.07 Å². The largest absolute Gasteiger partial charge is 0.351 e. The Hall–Kier alpha value is -1.24. The van der Waals surface area contributed by atoms with Crippen molar-refractivity contribution in [2.45, 2.75) is 25.8 Å². The number of nitrogens with zero attached hydrogens (tertiary/aromatic N) is 2. The van der Waals surface area contributed by atoms with Crippen LogP contribution in [0.4, 0.5) is 4.79 Å². The van der Waals surface area contributed by atoms with E-state index in [-0.39, 0.29) is 0 Å². The molecular formula is C8H13N3O. The predicted molar refractivity (Wildman–Crippen MR) is 44.1 cm³/mol. The Balaban J connectivity index is 2.48. The highest BCUT2D eigenvalue weighted by molar-refractivity contribution is 5.72. The lowest BCUT2D eigenvalue weighted by Crippen LogP contribution is -2.42. The Kier molecular flexibility index (Phi) is 2.54. The molecule has 1 fully saturated rings. The van der Waals surface area contributed by atoms with Gasteiger partial charge in [-0.3, -0.25) is 0 Å². The minimum absolute atomic E-state index is 0.400. The Bertz CT molecular complexity index is 217. The maximum absolute atomic E-state index is 10.9. The van der Waals surface area contributed by atoms with Gasteiger partial charge in [-0.2, -0.15) is 5.26 Å². The molecule has 4 nitrogen and oxygen atoms in total. The summed E-state index contributed by atoms with van der Waals surface area (Å²) in [5.74, 6) is 0.577. The third-order valence-electron chi connectivity index (χ3n) is 2.09. The van der Waals surface area contributed by atoms with Crippen molar-refractivity contribution in [3.8, 4) is 6.07 Å². The van der Waals surface area contributed by atoms with Crippen LogP contribution in [-0.4, -0.2) is 23.5 Å². The summed E-state index contributed by atoms with van der Waals surface area (Å²) in [6, 6.07) is 1.11. The van der Waals surface area contributed by atoms with Crippen LogP contribution >= 0.6 is 0 Å². The summed E-state index contributed by atoms with van der Waals surface area (Å²) in [6.45, 7) is 2.33. The van der Waals surface area contributed by atoms with Crippen molar-refractivity contribution in [2.24, 2.45) is 11.7 Å². The van der Waals surface area contributed by atoms with Crippen molar-refractivity contribution in [1.29, 1.82) is 5.26 Å². The number of nitrogens with two attached hydrogens (primary N) is 1. The number of rotatable bonds is 3. The van der Waals surface area contributed by atoms with Gasteiger partial charge in [0.1, 0.15) is 6.04 Å². The first-order valence-corrected chi connectivity index (χ1v) is 4.11. The number of hydrogen-bond donors (Lipinski definition) is 1. The highest BCUT2D eigenvalue weighted by Gasteiger charge is 2.28. The van der Waals surface area contributed by atoms with Crippen molar-refractivity contribution in [3.05, 3.63) is 0 Å². The highest BCUT2D eigenvalue weighted by Crippen LogP contribution is 2.30. The molecule has 12 heavy (non-hydrogen) atoms. The minimum Gasteiger partial charge on any atom is -0.351 e. The van der Waals surface area contributed by atoms with Crippen LogP contribution in [-0.2, 0) is 0 Å². The van der Waals surface area contributed by atoms with E-state index in [1.165, 1.54) is 4.90 Å². The van der Waals surface area contributed by atoms with Gasteiger partial charge in [0, 0.05) is 6.54 Å². The van der Waals surface area contributed by atoms with Gasteiger partial charge in [-0.05, 0) is 25.7 Å². The lowest BCUT2D eigenvalue weighted by molar-refractivity contribution is 0.197. The van der Waals surface area contributed by atoms with E-state index in [1.54, 1.807) is 6.92 Å². The molecule has 4 heteroatoms. The Labute approximate surface area is 71.9 Å². The van der Waals surface area contributed by atoms with Crippen molar-refractivity contribution in [3.63, 3.8) is 0 Å². The molecule has 0 heterocycles. The number of carbonyl (C=O) groups is 1. The quantitative estimate of drug-likeness (QED) is 0.671. The highest BCUT2D eigenvalue weighted by atomic mass is 16.2. The maximum atomic E-state index is 10.9. The van der Waals surface area contributed by atoms with Crippen LogP contribution in [0.15, 0.2) is 0 Å². The van der Waals surface area contributed by atoms with Crippen LogP contribution in [0.3, 0.4) is 0 Å². The van der Waals surface area contributed by atoms with Crippen molar-refractivity contribution >= 4 is 6.03 Å². The SMILES string of the molecule is CC(C#N)N(CC1CC1)C(N)=O. The zero-order valence-corrected chi connectivity index (χ0v) is 7.16. The first-order valence-electron chi connectivity index (χ1n) is 4.11. The second kappa shape index (κ2) is 3.44. The van der Waals surface area contributed by atoms with E-state index in [2.05, 4.69) is 0 Å². The maximum Gasteiger partial charge on any atom is 0.315 e. The molecule has 1 rings (SSSR count). The van der Waals surface area contributed by atoms with Crippen molar-refractivity contribution in [1.82, 2.24) is 4.90 Å². The number of hydrogen-bond acceptors (Lipinski definition) is 2. The fourth-order valence-corrected chi connectivity index (χ4v) is 1.09. The van der Waals surface area contributed by atoms with Crippen LogP contribution in [0.5, 0.6) is 0 Å². The molecule has 0 aromatic carbocycles. The lowest BCUT2D eigenvalue weighted by atomic mass is 10.3. The standard InChI is InChI=1S/C8H13N3O/c1-6(4-9)11(8(10)12)5-7-2-3-7/h6-7H,2-3,5H2,1H3,(H2,10,12). The number of primary amides is 1. The molecule has 0 radical (unpaired) electrons. The first kappa shape index (κ1) is 8.85. The predicted octanol–water partition coefficient (Wildman–Crippen LogP) is 0.689. The molecule has 0 aliphatic heterocycles. The van der Waals surface area contributed by atoms with Crippen LogP contribution in [0.25, 0.3) is 0 Å². The number of amides is 2. The molecule has 1 aliphatic rings. The summed E-state index contributed by atoms with van der Waals surface area (Å²) in [5.41, 5.74) is 5.13. The summed E-state index contributed by atoms with van der Waals surface area (Å²) < 4.78 is 0. The summed E-state index contributed by atoms with van der Waals surface area (Å²) >= 11 is 0. The van der Waals surface area contributed by atoms with Crippen molar-refractivity contribution < 1.29 is 4.79 Å². The van der Waals surface area contributed by atoms with E-state index in [0.717, 1.165) is 12.8 Å². The molecule has 1 atom stereocenters. The average Bonchev–Trinajstić information content (AvgIpc) is 2.81. The van der Waals surface area contributed by atoms with E-state index in [0.29, 0.717) is 12.5 Å². The second-order valence-electron chi connectivity index (χ2n) is 3.24. The monoisotopic (exact) mass is 167 g/mol. The third kappa shape index (κ3) is 2.12. The zero-order chi connectivity index (χ0) is 9.14. The van der Waals surface area contributed by atoms with Gasteiger partial charge in [-0.15, -0.1) is 0 Å². The minimum atomic E-state index is -0.490. The molecule has 0 aromatic rings. The molecule has 1 aliphatic carbocycles. The molecular weight excluding hydrogens is 154 g/mol. The van der Waals surface area contributed by atoms with Crippen molar-refractivity contribution in [2.75, 3.05) is 6.54 Å². The van der Waals surface area contributed by atoms with Gasteiger partial charge in [-0.1, -0.05) is 0 Å². The third-order valence-corrected chi connectivity index (χ3v) is 2.09. The van der Waals surface area contributed by atoms with Crippen LogP contribution in [0.2, 0.25) is 0 Å². The number of carbonyl (C=O) groups excluding carboxylic acids is 1. The molecule has 66 valence electrons. The molecule has 1 saturated carbocycles. The molecule has 1 unspecified atom stereocenters. The van der Waals surface area contributed by atoms with E-state index >= 15 is 0 Å². The van der Waals surface area contributed by atoms with E-state index in [4.69, 9.17) is 11.0 Å². The van der Waals surface area contributed by atoms with E-state index < -0.39 is 12.1 Å². The lowest BCUT2D eigenvalue weighted by Gasteiger charge is -2.22. The van der Waals surface area contributed by atoms with Gasteiger partial charge in [0.05, 0.1) is 6.07 Å². The normalized spacial score (nSPS) is 18.0. The zero-order valence-electron chi connectivity index (χ0n) is 7.16. The molecule has 0 saturated heterocycles.